The molecule has 4 heteroatoms. The van der Waals surface area contributed by atoms with Crippen LogP contribution in [0.1, 0.15) is 39.0 Å². The fourth-order valence-electron chi connectivity index (χ4n) is 2.78. The van der Waals surface area contributed by atoms with Crippen molar-refractivity contribution in [3.05, 3.63) is 12.7 Å². The number of likely N-dealkylation sites (tertiary alicyclic amines) is 1. The highest BCUT2D eigenvalue weighted by Crippen LogP contribution is 2.14. The summed E-state index contributed by atoms with van der Waals surface area (Å²) in [5, 5.41) is 3.42. The number of unbranched alkanes of at least 4 members (excludes halogenated alkanes) is 3. The maximum absolute atomic E-state index is 4.83. The minimum atomic E-state index is 0.727. The molecule has 21 heavy (non-hydrogen) atoms. The largest absolute Gasteiger partial charge is 0.357 e. The van der Waals surface area contributed by atoms with E-state index in [9.17, 15) is 0 Å². The molecule has 0 saturated carbocycles. The maximum atomic E-state index is 4.83. The zero-order chi connectivity index (χ0) is 15.5. The molecule has 1 rings (SSSR count). The number of allylic oxidation sites excluding steroid dienone is 1. The summed E-state index contributed by atoms with van der Waals surface area (Å²) in [7, 11) is 4.35. The van der Waals surface area contributed by atoms with Crippen LogP contribution in [0.4, 0.5) is 0 Å². The molecule has 1 aliphatic rings. The van der Waals surface area contributed by atoms with Gasteiger partial charge in [-0.1, -0.05) is 12.5 Å². The molecule has 1 saturated heterocycles. The van der Waals surface area contributed by atoms with Crippen LogP contribution in [-0.2, 0) is 0 Å². The van der Waals surface area contributed by atoms with Gasteiger partial charge in [-0.05, 0) is 52.1 Å². The number of nitrogens with one attached hydrogen (secondary N) is 1. The molecule has 0 bridgehead atoms. The third-order valence-electron chi connectivity index (χ3n) is 4.09. The Balaban J connectivity index is 2.33. The average molecular weight is 294 g/mol. The molecule has 0 aromatic rings. The van der Waals surface area contributed by atoms with Gasteiger partial charge in [0.15, 0.2) is 5.96 Å². The van der Waals surface area contributed by atoms with E-state index in [1.807, 2.05) is 6.08 Å². The van der Waals surface area contributed by atoms with E-state index in [1.165, 1.54) is 38.8 Å². The van der Waals surface area contributed by atoms with Gasteiger partial charge in [0.25, 0.3) is 0 Å². The third-order valence-corrected chi connectivity index (χ3v) is 4.09. The van der Waals surface area contributed by atoms with E-state index in [0.717, 1.165) is 37.9 Å². The van der Waals surface area contributed by atoms with Crippen molar-refractivity contribution < 1.29 is 0 Å². The van der Waals surface area contributed by atoms with Gasteiger partial charge < -0.3 is 15.1 Å². The van der Waals surface area contributed by atoms with E-state index >= 15 is 0 Å². The van der Waals surface area contributed by atoms with Crippen LogP contribution in [0.5, 0.6) is 0 Å². The molecular formula is C17H34N4. The summed E-state index contributed by atoms with van der Waals surface area (Å²) < 4.78 is 0. The van der Waals surface area contributed by atoms with E-state index in [4.69, 9.17) is 4.99 Å². The fourth-order valence-corrected chi connectivity index (χ4v) is 2.78. The molecule has 0 aliphatic carbocycles. The first-order chi connectivity index (χ1) is 10.2. The van der Waals surface area contributed by atoms with Gasteiger partial charge in [0.2, 0.25) is 0 Å². The van der Waals surface area contributed by atoms with Gasteiger partial charge in [0.05, 0.1) is 0 Å². The molecule has 1 atom stereocenters. The Bertz CT molecular complexity index is 314. The predicted molar refractivity (Wildman–Crippen MR) is 92.9 cm³/mol. The standard InChI is InChI=1S/C17H34N4/c1-5-7-8-9-10-12-21(4)17(18-6-2)19-14-16-11-13-20(3)15-16/h5,16H,1,6-15H2,2-4H3,(H,18,19). The second kappa shape index (κ2) is 10.7. The van der Waals surface area contributed by atoms with Gasteiger partial charge in [-0.25, -0.2) is 0 Å². The molecule has 4 nitrogen and oxygen atoms in total. The first-order valence-electron chi connectivity index (χ1n) is 8.46. The lowest BCUT2D eigenvalue weighted by Gasteiger charge is -2.22. The Morgan fingerprint density at radius 2 is 2.24 bits per heavy atom. The number of rotatable bonds is 9. The summed E-state index contributed by atoms with van der Waals surface area (Å²) >= 11 is 0. The smallest absolute Gasteiger partial charge is 0.193 e. The van der Waals surface area contributed by atoms with Crippen LogP contribution in [0.2, 0.25) is 0 Å². The lowest BCUT2D eigenvalue weighted by Crippen LogP contribution is -2.39. The summed E-state index contributed by atoms with van der Waals surface area (Å²) in [6.07, 6.45) is 8.16. The van der Waals surface area contributed by atoms with Crippen molar-refractivity contribution >= 4 is 5.96 Å². The molecule has 0 amide bonds. The summed E-state index contributed by atoms with van der Waals surface area (Å²) in [6.45, 7) is 11.3. The van der Waals surface area contributed by atoms with Gasteiger partial charge in [0.1, 0.15) is 0 Å². The van der Waals surface area contributed by atoms with Gasteiger partial charge in [-0.2, -0.15) is 0 Å². The number of aliphatic imine (C=N–C) groups is 1. The molecule has 0 aromatic carbocycles. The van der Waals surface area contributed by atoms with E-state index in [0.29, 0.717) is 0 Å². The van der Waals surface area contributed by atoms with Crippen molar-refractivity contribution in [1.29, 1.82) is 0 Å². The number of hydrogen-bond donors (Lipinski definition) is 1. The monoisotopic (exact) mass is 294 g/mol. The van der Waals surface area contributed by atoms with E-state index in [-0.39, 0.29) is 0 Å². The second-order valence-electron chi connectivity index (χ2n) is 6.17. The zero-order valence-corrected chi connectivity index (χ0v) is 14.3. The summed E-state index contributed by atoms with van der Waals surface area (Å²) in [5.74, 6) is 1.79. The Hall–Kier alpha value is -1.03. The maximum Gasteiger partial charge on any atom is 0.193 e. The van der Waals surface area contributed by atoms with Crippen LogP contribution < -0.4 is 5.32 Å². The summed E-state index contributed by atoms with van der Waals surface area (Å²) in [5.41, 5.74) is 0. The van der Waals surface area contributed by atoms with Crippen LogP contribution in [-0.4, -0.2) is 62.6 Å². The minimum absolute atomic E-state index is 0.727. The predicted octanol–water partition coefficient (Wildman–Crippen LogP) is 2.58. The van der Waals surface area contributed by atoms with Crippen LogP contribution in [0, 0.1) is 5.92 Å². The quantitative estimate of drug-likeness (QED) is 0.307. The number of hydrogen-bond acceptors (Lipinski definition) is 2. The molecule has 1 fully saturated rings. The Morgan fingerprint density at radius 3 is 2.86 bits per heavy atom. The highest BCUT2D eigenvalue weighted by Gasteiger charge is 2.19. The molecule has 0 aromatic heterocycles. The SMILES string of the molecule is C=CCCCCCN(C)C(=NCC1CCN(C)C1)NCC. The van der Waals surface area contributed by atoms with Crippen LogP contribution in [0.15, 0.2) is 17.6 Å². The third kappa shape index (κ3) is 7.51. The van der Waals surface area contributed by atoms with Crippen molar-refractivity contribution in [2.45, 2.75) is 39.0 Å². The first kappa shape index (κ1) is 18.0. The van der Waals surface area contributed by atoms with Crippen LogP contribution in [0.25, 0.3) is 0 Å². The molecular weight excluding hydrogens is 260 g/mol. The van der Waals surface area contributed by atoms with Crippen molar-refractivity contribution in [3.63, 3.8) is 0 Å². The second-order valence-corrected chi connectivity index (χ2v) is 6.17. The normalized spacial score (nSPS) is 19.8. The van der Waals surface area contributed by atoms with Gasteiger partial charge in [-0.15, -0.1) is 6.58 Å². The van der Waals surface area contributed by atoms with Crippen LogP contribution >= 0.6 is 0 Å². The zero-order valence-electron chi connectivity index (χ0n) is 14.3. The van der Waals surface area contributed by atoms with Crippen LogP contribution in [0.3, 0.4) is 0 Å². The first-order valence-corrected chi connectivity index (χ1v) is 8.46. The van der Waals surface area contributed by atoms with Crippen molar-refractivity contribution in [1.82, 2.24) is 15.1 Å². The summed E-state index contributed by atoms with van der Waals surface area (Å²) in [4.78, 5) is 9.51. The van der Waals surface area contributed by atoms with Gasteiger partial charge >= 0.3 is 0 Å². The van der Waals surface area contributed by atoms with Gasteiger partial charge in [-0.3, -0.25) is 4.99 Å². The molecule has 1 unspecified atom stereocenters. The molecule has 1 aliphatic heterocycles. The fraction of sp³-hybridized carbons (Fsp3) is 0.824. The molecule has 1 N–H and O–H groups in total. The lowest BCUT2D eigenvalue weighted by atomic mass is 10.1. The lowest BCUT2D eigenvalue weighted by molar-refractivity contribution is 0.396. The summed E-state index contributed by atoms with van der Waals surface area (Å²) in [6, 6.07) is 0. The molecule has 0 spiro atoms. The Kier molecular flexibility index (Phi) is 9.15. The topological polar surface area (TPSA) is 30.9 Å². The molecule has 122 valence electrons. The highest BCUT2D eigenvalue weighted by atomic mass is 15.3. The van der Waals surface area contributed by atoms with Crippen molar-refractivity contribution in [2.75, 3.05) is 46.8 Å². The molecule has 0 radical (unpaired) electrons. The van der Waals surface area contributed by atoms with Crippen molar-refractivity contribution in [3.8, 4) is 0 Å². The Morgan fingerprint density at radius 1 is 1.43 bits per heavy atom. The van der Waals surface area contributed by atoms with E-state index in [1.54, 1.807) is 0 Å². The van der Waals surface area contributed by atoms with Crippen molar-refractivity contribution in [2.24, 2.45) is 10.9 Å². The van der Waals surface area contributed by atoms with E-state index < -0.39 is 0 Å². The Labute approximate surface area is 131 Å². The van der Waals surface area contributed by atoms with Gasteiger partial charge in [0, 0.05) is 33.2 Å². The number of nitrogens with zero attached hydrogens (tertiary/aromatic N) is 3. The average Bonchev–Trinajstić information content (AvgIpc) is 2.88. The van der Waals surface area contributed by atoms with E-state index in [2.05, 4.69) is 42.7 Å². The minimum Gasteiger partial charge on any atom is -0.357 e. The highest BCUT2D eigenvalue weighted by molar-refractivity contribution is 5.79. The molecule has 1 heterocycles. The number of guanidine groups is 1.